The normalized spacial score (nSPS) is 24.2. The third-order valence-corrected chi connectivity index (χ3v) is 6.35. The number of nitrogens with zero attached hydrogens (tertiary/aromatic N) is 3. The molecule has 1 amide bonds. The highest BCUT2D eigenvalue weighted by Crippen LogP contribution is 2.36. The van der Waals surface area contributed by atoms with Gasteiger partial charge in [-0.2, -0.15) is 0 Å². The molecular weight excluding hydrogens is 398 g/mol. The summed E-state index contributed by atoms with van der Waals surface area (Å²) in [6.45, 7) is 2.05. The summed E-state index contributed by atoms with van der Waals surface area (Å²) in [5.74, 6) is 0.0273. The van der Waals surface area contributed by atoms with E-state index >= 15 is 0 Å². The first kappa shape index (κ1) is 21.2. The molecule has 31 heavy (non-hydrogen) atoms. The Kier molecular flexibility index (Phi) is 5.86. The summed E-state index contributed by atoms with van der Waals surface area (Å²) in [6, 6.07) is 4.79. The minimum Gasteiger partial charge on any atom is -0.495 e. The second kappa shape index (κ2) is 8.58. The lowest BCUT2D eigenvalue weighted by atomic mass is 10.00. The first-order valence-corrected chi connectivity index (χ1v) is 10.7. The number of ether oxygens (including phenoxy) is 1. The van der Waals surface area contributed by atoms with Crippen LogP contribution in [0.15, 0.2) is 35.1 Å². The number of amides is 1. The molecule has 1 aromatic carbocycles. The number of aromatic carboxylic acids is 1. The number of methoxy groups -OCH3 is 1. The van der Waals surface area contributed by atoms with E-state index < -0.39 is 5.97 Å². The topological polar surface area (TPSA) is 106 Å². The zero-order chi connectivity index (χ0) is 22.1. The molecule has 2 fully saturated rings. The highest BCUT2D eigenvalue weighted by Gasteiger charge is 2.46. The number of carbonyl (C=O) groups excluding carboxylic acids is 1. The average Bonchev–Trinajstić information content (AvgIpc) is 3.30. The average molecular weight is 428 g/mol. The van der Waals surface area contributed by atoms with Crippen LogP contribution in [0.25, 0.3) is 0 Å². The van der Waals surface area contributed by atoms with Gasteiger partial charge in [0.15, 0.2) is 0 Å². The predicted octanol–water partition coefficient (Wildman–Crippen LogP) is 2.43. The van der Waals surface area contributed by atoms with Gasteiger partial charge in [0.05, 0.1) is 30.1 Å². The molecule has 1 saturated carbocycles. The maximum absolute atomic E-state index is 13.0. The Balaban J connectivity index is 1.65. The van der Waals surface area contributed by atoms with Gasteiger partial charge in [-0.15, -0.1) is 0 Å². The van der Waals surface area contributed by atoms with E-state index in [2.05, 4.69) is 15.5 Å². The van der Waals surface area contributed by atoms with Crippen molar-refractivity contribution in [3.8, 4) is 5.75 Å². The number of carboxylic acid groups (broad SMARTS) is 1. The van der Waals surface area contributed by atoms with E-state index in [9.17, 15) is 14.7 Å². The molecule has 0 bridgehead atoms. The van der Waals surface area contributed by atoms with Crippen molar-refractivity contribution in [2.24, 2.45) is 4.99 Å². The van der Waals surface area contributed by atoms with Crippen LogP contribution in [-0.2, 0) is 4.79 Å². The second-order valence-electron chi connectivity index (χ2n) is 8.12. The van der Waals surface area contributed by atoms with E-state index in [1.54, 1.807) is 18.0 Å². The Labute approximate surface area is 181 Å². The third kappa shape index (κ3) is 3.85. The monoisotopic (exact) mass is 427 g/mol. The minimum absolute atomic E-state index is 0.108. The number of fused-ring (bicyclic) bond motifs is 1. The number of benzene rings is 1. The van der Waals surface area contributed by atoms with E-state index in [1.807, 2.05) is 13.1 Å². The number of hydrogen-bond donors (Lipinski definition) is 3. The zero-order valence-electron chi connectivity index (χ0n) is 18.1. The van der Waals surface area contributed by atoms with Crippen LogP contribution in [0.5, 0.6) is 5.75 Å². The van der Waals surface area contributed by atoms with Gasteiger partial charge in [0.1, 0.15) is 11.9 Å². The summed E-state index contributed by atoms with van der Waals surface area (Å²) >= 11 is 0. The van der Waals surface area contributed by atoms with Crippen LogP contribution in [0.3, 0.4) is 0 Å². The molecule has 2 heterocycles. The maximum Gasteiger partial charge on any atom is 0.335 e. The minimum atomic E-state index is -1.02. The van der Waals surface area contributed by atoms with Crippen molar-refractivity contribution in [1.82, 2.24) is 15.1 Å². The van der Waals surface area contributed by atoms with Gasteiger partial charge in [-0.3, -0.25) is 9.69 Å². The van der Waals surface area contributed by atoms with Gasteiger partial charge < -0.3 is 25.4 Å². The van der Waals surface area contributed by atoms with Gasteiger partial charge in [-0.25, -0.2) is 9.79 Å². The Hall–Kier alpha value is -3.07. The maximum atomic E-state index is 13.0. The van der Waals surface area contributed by atoms with Crippen molar-refractivity contribution in [1.29, 1.82) is 0 Å². The van der Waals surface area contributed by atoms with Crippen LogP contribution in [0.2, 0.25) is 0 Å². The first-order chi connectivity index (χ1) is 14.9. The molecule has 0 aromatic heterocycles. The number of aliphatic imine (C=N–C) groups is 1. The van der Waals surface area contributed by atoms with Gasteiger partial charge in [0, 0.05) is 19.3 Å². The van der Waals surface area contributed by atoms with Crippen molar-refractivity contribution < 1.29 is 19.4 Å². The van der Waals surface area contributed by atoms with E-state index in [0.717, 1.165) is 25.0 Å². The summed E-state index contributed by atoms with van der Waals surface area (Å²) in [4.78, 5) is 33.2. The summed E-state index contributed by atoms with van der Waals surface area (Å²) in [5, 5.41) is 15.6. The number of carboxylic acids is 1. The van der Waals surface area contributed by atoms with Crippen LogP contribution in [0.4, 0.5) is 5.69 Å². The highest BCUT2D eigenvalue weighted by atomic mass is 16.5. The van der Waals surface area contributed by atoms with Crippen LogP contribution >= 0.6 is 0 Å². The standard InChI is InChI=1S/C22H29N5O4/c1-4-16-20(28)26(2)17-12-23-22(25-19(17)27(16)14-7-5-6-8-14)24-15-10-9-13(21(29)30)11-18(15)31-3/h9-12,14,16,19H,4-8H2,1-3H3,(H,29,30)(H2,23,24,25)/t16-,19?/m1/s1. The Bertz CT molecular complexity index is 938. The fraction of sp³-hybridized carbons (Fsp3) is 0.500. The molecule has 2 aliphatic heterocycles. The summed E-state index contributed by atoms with van der Waals surface area (Å²) in [5.41, 5.74) is 1.59. The predicted molar refractivity (Wildman–Crippen MR) is 117 cm³/mol. The van der Waals surface area contributed by atoms with Crippen molar-refractivity contribution in [2.75, 3.05) is 19.5 Å². The van der Waals surface area contributed by atoms with Crippen molar-refractivity contribution >= 4 is 23.5 Å². The number of likely N-dealkylation sites (N-methyl/N-ethyl adjacent to an activating group) is 1. The van der Waals surface area contributed by atoms with Gasteiger partial charge in [-0.05, 0) is 37.5 Å². The molecule has 1 aromatic rings. The number of anilines is 1. The molecule has 9 heteroatoms. The summed E-state index contributed by atoms with van der Waals surface area (Å²) in [7, 11) is 3.30. The van der Waals surface area contributed by atoms with Crippen molar-refractivity contribution in [3.63, 3.8) is 0 Å². The molecule has 2 atom stereocenters. The zero-order valence-corrected chi connectivity index (χ0v) is 18.1. The Morgan fingerprint density at radius 3 is 2.74 bits per heavy atom. The van der Waals surface area contributed by atoms with E-state index in [-0.39, 0.29) is 23.7 Å². The van der Waals surface area contributed by atoms with Gasteiger partial charge in [0.2, 0.25) is 11.9 Å². The molecule has 0 spiro atoms. The van der Waals surface area contributed by atoms with Gasteiger partial charge in [0.25, 0.3) is 0 Å². The lowest BCUT2D eigenvalue weighted by molar-refractivity contribution is -0.141. The number of guanidine groups is 1. The fourth-order valence-corrected chi connectivity index (χ4v) is 4.75. The molecule has 0 radical (unpaired) electrons. The second-order valence-corrected chi connectivity index (χ2v) is 8.12. The lowest BCUT2D eigenvalue weighted by Gasteiger charge is -2.48. The molecule has 3 aliphatic rings. The van der Waals surface area contributed by atoms with Gasteiger partial charge >= 0.3 is 5.97 Å². The van der Waals surface area contributed by atoms with Crippen LogP contribution < -0.4 is 15.4 Å². The molecular formula is C22H29N5O4. The number of rotatable bonds is 5. The quantitative estimate of drug-likeness (QED) is 0.663. The molecule has 166 valence electrons. The molecule has 1 unspecified atom stereocenters. The van der Waals surface area contributed by atoms with E-state index in [1.165, 1.54) is 32.1 Å². The smallest absolute Gasteiger partial charge is 0.335 e. The highest BCUT2D eigenvalue weighted by molar-refractivity contribution is 5.98. The Morgan fingerprint density at radius 1 is 1.35 bits per heavy atom. The lowest BCUT2D eigenvalue weighted by Crippen LogP contribution is -2.63. The fourth-order valence-electron chi connectivity index (χ4n) is 4.75. The molecule has 4 rings (SSSR count). The molecule has 9 nitrogen and oxygen atoms in total. The summed E-state index contributed by atoms with van der Waals surface area (Å²) < 4.78 is 5.36. The number of piperazine rings is 1. The van der Waals surface area contributed by atoms with Crippen LogP contribution in [0.1, 0.15) is 49.4 Å². The first-order valence-electron chi connectivity index (χ1n) is 10.7. The third-order valence-electron chi connectivity index (χ3n) is 6.35. The molecule has 3 N–H and O–H groups in total. The van der Waals surface area contributed by atoms with E-state index in [4.69, 9.17) is 9.73 Å². The van der Waals surface area contributed by atoms with Crippen LogP contribution in [0, 0.1) is 0 Å². The molecule has 1 aliphatic carbocycles. The number of nitrogens with one attached hydrogen (secondary N) is 2. The summed E-state index contributed by atoms with van der Waals surface area (Å²) in [6.07, 6.45) is 6.80. The Morgan fingerprint density at radius 2 is 2.10 bits per heavy atom. The van der Waals surface area contributed by atoms with Crippen molar-refractivity contribution in [2.45, 2.75) is 57.3 Å². The SMILES string of the molecule is CC[C@@H]1C(=O)N(C)C2=CNC(Nc3ccc(C(=O)O)cc3OC)=NC2N1C1CCCC1. The number of carbonyl (C=O) groups is 2. The number of hydrogen-bond acceptors (Lipinski definition) is 7. The van der Waals surface area contributed by atoms with Crippen LogP contribution in [-0.4, -0.2) is 65.1 Å². The van der Waals surface area contributed by atoms with Gasteiger partial charge in [-0.1, -0.05) is 19.8 Å². The van der Waals surface area contributed by atoms with Crippen molar-refractivity contribution in [3.05, 3.63) is 35.7 Å². The largest absolute Gasteiger partial charge is 0.495 e. The molecule has 1 saturated heterocycles. The van der Waals surface area contributed by atoms with E-state index in [0.29, 0.717) is 23.4 Å².